The van der Waals surface area contributed by atoms with E-state index in [1.165, 1.54) is 22.8 Å². The summed E-state index contributed by atoms with van der Waals surface area (Å²) < 4.78 is 28.1. The van der Waals surface area contributed by atoms with E-state index in [9.17, 15) is 22.8 Å². The van der Waals surface area contributed by atoms with Crippen LogP contribution in [0.15, 0.2) is 58.2 Å². The van der Waals surface area contributed by atoms with Gasteiger partial charge >= 0.3 is 6.03 Å². The number of rotatable bonds is 9. The van der Waals surface area contributed by atoms with Crippen LogP contribution in [-0.2, 0) is 23.5 Å². The number of hydrogen-bond donors (Lipinski definition) is 3. The molecular weight excluding hydrogens is 492 g/mol. The molecule has 3 N–H and O–H groups in total. The number of nitrogens with zero attached hydrogens (tertiary/aromatic N) is 1. The minimum Gasteiger partial charge on any atom is -0.352 e. The van der Waals surface area contributed by atoms with Crippen LogP contribution in [0.4, 0.5) is 4.79 Å². The highest BCUT2D eigenvalue weighted by Gasteiger charge is 2.17. The molecule has 0 radical (unpaired) electrons. The maximum Gasteiger partial charge on any atom is 0.328 e. The standard InChI is InChI=1S/C24H27ClN4O5S/c1-3-4-12-27-24(32)28-35(33,34)19-8-5-16(6-9-19)11-13-26-22(30)20-15-17-14-18(25)7-10-21(17)29(2)23(20)31/h5-10,14-15H,3-4,11-13H2,1-2H3,(H,26,30)(H2,27,28,32). The molecule has 0 unspecified atom stereocenters. The van der Waals surface area contributed by atoms with Gasteiger partial charge in [0.1, 0.15) is 5.56 Å². The SMILES string of the molecule is CCCCNC(=O)NS(=O)(=O)c1ccc(CCNC(=O)c2cc3cc(Cl)ccc3n(C)c2=O)cc1. The fourth-order valence-corrected chi connectivity index (χ4v) is 4.57. The molecular formula is C24H27ClN4O5S. The van der Waals surface area contributed by atoms with Gasteiger partial charge in [0.05, 0.1) is 10.4 Å². The first-order chi connectivity index (χ1) is 16.6. The molecule has 0 bridgehead atoms. The number of carbonyl (C=O) groups excluding carboxylic acids is 2. The molecule has 3 rings (SSSR count). The summed E-state index contributed by atoms with van der Waals surface area (Å²) in [5.74, 6) is -0.509. The lowest BCUT2D eigenvalue weighted by Gasteiger charge is -2.10. The Morgan fingerprint density at radius 2 is 1.71 bits per heavy atom. The van der Waals surface area contributed by atoms with Crippen molar-refractivity contribution in [2.24, 2.45) is 7.05 Å². The van der Waals surface area contributed by atoms with Crippen LogP contribution in [-0.4, -0.2) is 38.0 Å². The summed E-state index contributed by atoms with van der Waals surface area (Å²) in [6.07, 6.45) is 2.04. The van der Waals surface area contributed by atoms with Crippen LogP contribution in [0.3, 0.4) is 0 Å². The van der Waals surface area contributed by atoms with Crippen LogP contribution < -0.4 is 20.9 Å². The van der Waals surface area contributed by atoms with Gasteiger partial charge in [0.15, 0.2) is 0 Å². The predicted molar refractivity (Wildman–Crippen MR) is 135 cm³/mol. The van der Waals surface area contributed by atoms with E-state index >= 15 is 0 Å². The topological polar surface area (TPSA) is 126 Å². The lowest BCUT2D eigenvalue weighted by atomic mass is 10.1. The summed E-state index contributed by atoms with van der Waals surface area (Å²) in [6.45, 7) is 2.59. The molecule has 0 saturated carbocycles. The van der Waals surface area contributed by atoms with E-state index in [4.69, 9.17) is 11.6 Å². The van der Waals surface area contributed by atoms with Crippen molar-refractivity contribution in [1.82, 2.24) is 19.9 Å². The lowest BCUT2D eigenvalue weighted by Crippen LogP contribution is -2.39. The van der Waals surface area contributed by atoms with Crippen molar-refractivity contribution in [3.05, 3.63) is 75.0 Å². The summed E-state index contributed by atoms with van der Waals surface area (Å²) in [5.41, 5.74) is 1.03. The third-order valence-electron chi connectivity index (χ3n) is 5.41. The van der Waals surface area contributed by atoms with Gasteiger partial charge in [-0.2, -0.15) is 0 Å². The fraction of sp³-hybridized carbons (Fsp3) is 0.292. The molecule has 0 atom stereocenters. The molecule has 0 aliphatic heterocycles. The number of carbonyl (C=O) groups is 2. The van der Waals surface area contributed by atoms with Gasteiger partial charge in [-0.3, -0.25) is 9.59 Å². The van der Waals surface area contributed by atoms with E-state index in [-0.39, 0.29) is 17.0 Å². The van der Waals surface area contributed by atoms with Gasteiger partial charge in [0, 0.05) is 30.5 Å². The smallest absolute Gasteiger partial charge is 0.328 e. The van der Waals surface area contributed by atoms with Crippen molar-refractivity contribution in [2.45, 2.75) is 31.1 Å². The Balaban J connectivity index is 1.60. The number of aryl methyl sites for hydroxylation is 1. The highest BCUT2D eigenvalue weighted by Crippen LogP contribution is 2.18. The van der Waals surface area contributed by atoms with Crippen LogP contribution in [0.25, 0.3) is 10.9 Å². The van der Waals surface area contributed by atoms with E-state index in [2.05, 4.69) is 10.6 Å². The summed E-state index contributed by atoms with van der Waals surface area (Å²) in [7, 11) is -2.40. The fourth-order valence-electron chi connectivity index (χ4n) is 3.46. The zero-order valence-corrected chi connectivity index (χ0v) is 21.0. The summed E-state index contributed by atoms with van der Waals surface area (Å²) >= 11 is 6.03. The van der Waals surface area contributed by atoms with E-state index in [1.807, 2.05) is 11.6 Å². The third kappa shape index (κ3) is 6.61. The number of benzene rings is 2. The first-order valence-corrected chi connectivity index (χ1v) is 13.0. The van der Waals surface area contributed by atoms with E-state index in [1.54, 1.807) is 37.4 Å². The number of pyridine rings is 1. The number of unbranched alkanes of at least 4 members (excludes halogenated alkanes) is 1. The first-order valence-electron chi connectivity index (χ1n) is 11.1. The van der Waals surface area contributed by atoms with E-state index in [0.29, 0.717) is 28.9 Å². The molecule has 0 aliphatic carbocycles. The normalized spacial score (nSPS) is 11.3. The van der Waals surface area contributed by atoms with Crippen LogP contribution >= 0.6 is 11.6 Å². The minimum atomic E-state index is -3.99. The molecule has 0 aliphatic rings. The molecule has 0 saturated heterocycles. The van der Waals surface area contributed by atoms with Gasteiger partial charge in [0.25, 0.3) is 21.5 Å². The average Bonchev–Trinajstić information content (AvgIpc) is 2.81. The first kappa shape index (κ1) is 26.2. The van der Waals surface area contributed by atoms with Crippen LogP contribution in [0.2, 0.25) is 5.02 Å². The summed E-state index contributed by atoms with van der Waals surface area (Å²) in [4.78, 5) is 36.9. The molecule has 186 valence electrons. The van der Waals surface area contributed by atoms with Gasteiger partial charge < -0.3 is 15.2 Å². The maximum atomic E-state index is 12.6. The Labute approximate surface area is 208 Å². The number of halogens is 1. The van der Waals surface area contributed by atoms with Crippen LogP contribution in [0.5, 0.6) is 0 Å². The average molecular weight is 519 g/mol. The van der Waals surface area contributed by atoms with Crippen molar-refractivity contribution in [3.8, 4) is 0 Å². The molecule has 35 heavy (non-hydrogen) atoms. The van der Waals surface area contributed by atoms with Gasteiger partial charge in [0.2, 0.25) is 0 Å². The molecule has 1 aromatic heterocycles. The Morgan fingerprint density at radius 1 is 1.00 bits per heavy atom. The highest BCUT2D eigenvalue weighted by molar-refractivity contribution is 7.90. The summed E-state index contributed by atoms with van der Waals surface area (Å²) in [6, 6.07) is 11.8. The van der Waals surface area contributed by atoms with Gasteiger partial charge in [-0.25, -0.2) is 17.9 Å². The van der Waals surface area contributed by atoms with Crippen molar-refractivity contribution in [2.75, 3.05) is 13.1 Å². The van der Waals surface area contributed by atoms with Crippen molar-refractivity contribution in [3.63, 3.8) is 0 Å². The minimum absolute atomic E-state index is 0.00648. The number of nitrogens with one attached hydrogen (secondary N) is 3. The number of hydrogen-bond acceptors (Lipinski definition) is 5. The largest absolute Gasteiger partial charge is 0.352 e. The third-order valence-corrected chi connectivity index (χ3v) is 6.99. The molecule has 3 amide bonds. The monoisotopic (exact) mass is 518 g/mol. The van der Waals surface area contributed by atoms with Gasteiger partial charge in [-0.15, -0.1) is 0 Å². The number of fused-ring (bicyclic) bond motifs is 1. The van der Waals surface area contributed by atoms with Crippen LogP contribution in [0.1, 0.15) is 35.7 Å². The quantitative estimate of drug-likeness (QED) is 0.375. The van der Waals surface area contributed by atoms with E-state index in [0.717, 1.165) is 18.4 Å². The summed E-state index contributed by atoms with van der Waals surface area (Å²) in [5, 5.41) is 6.39. The molecule has 9 nitrogen and oxygen atoms in total. The maximum absolute atomic E-state index is 12.6. The second-order valence-electron chi connectivity index (χ2n) is 7.99. The van der Waals surface area contributed by atoms with E-state index < -0.39 is 27.5 Å². The second kappa shape index (κ2) is 11.4. The molecule has 0 spiro atoms. The Bertz CT molecular complexity index is 1400. The van der Waals surface area contributed by atoms with Gasteiger partial charge in [-0.05, 0) is 54.8 Å². The second-order valence-corrected chi connectivity index (χ2v) is 10.1. The zero-order chi connectivity index (χ0) is 25.6. The predicted octanol–water partition coefficient (Wildman–Crippen LogP) is 2.95. The van der Waals surface area contributed by atoms with Crippen molar-refractivity contribution in [1.29, 1.82) is 0 Å². The Kier molecular flexibility index (Phi) is 8.52. The number of sulfonamides is 1. The number of amides is 3. The Hall–Kier alpha value is -3.37. The zero-order valence-electron chi connectivity index (χ0n) is 19.4. The molecule has 1 heterocycles. The lowest BCUT2D eigenvalue weighted by molar-refractivity contribution is 0.0952. The molecule has 0 fully saturated rings. The number of aromatic nitrogens is 1. The molecule has 3 aromatic rings. The van der Waals surface area contributed by atoms with Crippen molar-refractivity contribution >= 4 is 44.5 Å². The highest BCUT2D eigenvalue weighted by atomic mass is 35.5. The molecule has 2 aromatic carbocycles. The van der Waals surface area contributed by atoms with Gasteiger partial charge in [-0.1, -0.05) is 37.1 Å². The Morgan fingerprint density at radius 3 is 2.40 bits per heavy atom. The van der Waals surface area contributed by atoms with Crippen LogP contribution in [0, 0.1) is 0 Å². The number of urea groups is 1. The molecule has 11 heteroatoms. The van der Waals surface area contributed by atoms with Crippen molar-refractivity contribution < 1.29 is 18.0 Å².